The maximum absolute atomic E-state index is 5.98. The van der Waals surface area contributed by atoms with Crippen molar-refractivity contribution in [2.24, 2.45) is 5.73 Å². The monoisotopic (exact) mass is 263 g/mol. The number of hydrogen-bond acceptors (Lipinski definition) is 2. The Morgan fingerprint density at radius 3 is 2.53 bits per heavy atom. The van der Waals surface area contributed by atoms with Crippen molar-refractivity contribution >= 4 is 0 Å². The molecule has 0 aliphatic heterocycles. The van der Waals surface area contributed by atoms with Gasteiger partial charge in [-0.15, -0.1) is 0 Å². The SMILES string of the molecule is CCC(N)CCCOc1cc(C)ccc1C(C)(C)C. The van der Waals surface area contributed by atoms with Crippen molar-refractivity contribution < 1.29 is 4.74 Å². The smallest absolute Gasteiger partial charge is 0.123 e. The molecule has 0 saturated carbocycles. The van der Waals surface area contributed by atoms with E-state index < -0.39 is 0 Å². The molecule has 0 aliphatic carbocycles. The van der Waals surface area contributed by atoms with Crippen molar-refractivity contribution in [2.45, 2.75) is 65.3 Å². The second-order valence-electron chi connectivity index (χ2n) is 6.41. The molecule has 0 heterocycles. The quantitative estimate of drug-likeness (QED) is 0.781. The predicted molar refractivity (Wildman–Crippen MR) is 82.9 cm³/mol. The largest absolute Gasteiger partial charge is 0.493 e. The van der Waals surface area contributed by atoms with Gasteiger partial charge in [0.15, 0.2) is 0 Å². The molecule has 1 aromatic carbocycles. The van der Waals surface area contributed by atoms with E-state index in [-0.39, 0.29) is 5.41 Å². The maximum atomic E-state index is 5.98. The van der Waals surface area contributed by atoms with Crippen LogP contribution in [0.5, 0.6) is 5.75 Å². The van der Waals surface area contributed by atoms with E-state index in [0.717, 1.165) is 31.6 Å². The zero-order valence-electron chi connectivity index (χ0n) is 13.1. The van der Waals surface area contributed by atoms with Crippen LogP contribution in [0.1, 0.15) is 58.1 Å². The molecule has 1 atom stereocenters. The zero-order valence-corrected chi connectivity index (χ0v) is 13.1. The summed E-state index contributed by atoms with van der Waals surface area (Å²) in [5.74, 6) is 1.03. The fourth-order valence-corrected chi connectivity index (χ4v) is 2.10. The van der Waals surface area contributed by atoms with Crippen LogP contribution in [0.15, 0.2) is 18.2 Å². The van der Waals surface area contributed by atoms with E-state index in [1.807, 2.05) is 0 Å². The van der Waals surface area contributed by atoms with Crippen LogP contribution < -0.4 is 10.5 Å². The second-order valence-corrected chi connectivity index (χ2v) is 6.41. The molecular weight excluding hydrogens is 234 g/mol. The van der Waals surface area contributed by atoms with Gasteiger partial charge in [-0.3, -0.25) is 0 Å². The predicted octanol–water partition coefficient (Wildman–Crippen LogP) is 4.19. The van der Waals surface area contributed by atoms with Crippen LogP contribution in [-0.2, 0) is 5.41 Å². The van der Waals surface area contributed by atoms with Gasteiger partial charge in [0.05, 0.1) is 6.61 Å². The normalized spacial score (nSPS) is 13.4. The summed E-state index contributed by atoms with van der Waals surface area (Å²) in [7, 11) is 0. The fourth-order valence-electron chi connectivity index (χ4n) is 2.10. The van der Waals surface area contributed by atoms with Crippen LogP contribution >= 0.6 is 0 Å². The Morgan fingerprint density at radius 1 is 1.26 bits per heavy atom. The lowest BCUT2D eigenvalue weighted by Crippen LogP contribution is -2.19. The molecule has 0 saturated heterocycles. The Labute approximate surface area is 118 Å². The van der Waals surface area contributed by atoms with Gasteiger partial charge in [0, 0.05) is 6.04 Å². The highest BCUT2D eigenvalue weighted by molar-refractivity contribution is 5.41. The lowest BCUT2D eigenvalue weighted by atomic mass is 9.86. The Hall–Kier alpha value is -1.02. The molecule has 2 N–H and O–H groups in total. The van der Waals surface area contributed by atoms with Gasteiger partial charge in [0.1, 0.15) is 5.75 Å². The van der Waals surface area contributed by atoms with Crippen molar-refractivity contribution in [3.8, 4) is 5.75 Å². The first kappa shape index (κ1) is 16.0. The minimum atomic E-state index is 0.114. The number of hydrogen-bond donors (Lipinski definition) is 1. The summed E-state index contributed by atoms with van der Waals surface area (Å²) in [6.45, 7) is 11.6. The molecule has 0 aliphatic rings. The molecule has 0 spiro atoms. The molecule has 1 unspecified atom stereocenters. The Bertz CT molecular complexity index is 393. The van der Waals surface area contributed by atoms with Crippen LogP contribution in [0, 0.1) is 6.92 Å². The highest BCUT2D eigenvalue weighted by Crippen LogP contribution is 2.32. The van der Waals surface area contributed by atoms with Gasteiger partial charge < -0.3 is 10.5 Å². The molecule has 2 heteroatoms. The summed E-state index contributed by atoms with van der Waals surface area (Å²) in [6.07, 6.45) is 3.09. The first-order chi connectivity index (χ1) is 8.84. The zero-order chi connectivity index (χ0) is 14.5. The Kier molecular flexibility index (Phi) is 5.86. The topological polar surface area (TPSA) is 35.2 Å². The van der Waals surface area contributed by atoms with Gasteiger partial charge in [-0.05, 0) is 48.8 Å². The summed E-state index contributed by atoms with van der Waals surface area (Å²) in [5, 5.41) is 0. The number of ether oxygens (including phenoxy) is 1. The van der Waals surface area contributed by atoms with Crippen LogP contribution in [0.25, 0.3) is 0 Å². The van der Waals surface area contributed by atoms with Gasteiger partial charge >= 0.3 is 0 Å². The molecule has 0 aromatic heterocycles. The van der Waals surface area contributed by atoms with Crippen LogP contribution in [0.2, 0.25) is 0 Å². The van der Waals surface area contributed by atoms with Crippen LogP contribution in [0.3, 0.4) is 0 Å². The van der Waals surface area contributed by atoms with E-state index in [2.05, 4.69) is 52.8 Å². The number of rotatable bonds is 6. The Morgan fingerprint density at radius 2 is 1.95 bits per heavy atom. The van der Waals surface area contributed by atoms with Gasteiger partial charge in [-0.2, -0.15) is 0 Å². The summed E-state index contributed by atoms with van der Waals surface area (Å²) in [4.78, 5) is 0. The summed E-state index contributed by atoms with van der Waals surface area (Å²) in [6, 6.07) is 6.78. The molecule has 1 aromatic rings. The van der Waals surface area contributed by atoms with E-state index in [1.54, 1.807) is 0 Å². The van der Waals surface area contributed by atoms with Crippen molar-refractivity contribution in [3.63, 3.8) is 0 Å². The van der Waals surface area contributed by atoms with Gasteiger partial charge in [-0.25, -0.2) is 0 Å². The van der Waals surface area contributed by atoms with Crippen LogP contribution in [0.4, 0.5) is 0 Å². The number of aryl methyl sites for hydroxylation is 1. The van der Waals surface area contributed by atoms with Gasteiger partial charge in [-0.1, -0.05) is 39.8 Å². The minimum absolute atomic E-state index is 0.114. The number of benzene rings is 1. The molecule has 0 fully saturated rings. The van der Waals surface area contributed by atoms with Gasteiger partial charge in [0.25, 0.3) is 0 Å². The molecule has 108 valence electrons. The molecule has 0 bridgehead atoms. The van der Waals surface area contributed by atoms with E-state index in [4.69, 9.17) is 10.5 Å². The first-order valence-corrected chi connectivity index (χ1v) is 7.34. The van der Waals surface area contributed by atoms with Crippen molar-refractivity contribution in [2.75, 3.05) is 6.61 Å². The molecule has 0 amide bonds. The van der Waals surface area contributed by atoms with Crippen molar-refractivity contribution in [3.05, 3.63) is 29.3 Å². The van der Waals surface area contributed by atoms with E-state index in [1.165, 1.54) is 11.1 Å². The fraction of sp³-hybridized carbons (Fsp3) is 0.647. The average Bonchev–Trinajstić information content (AvgIpc) is 2.32. The van der Waals surface area contributed by atoms with Crippen LogP contribution in [-0.4, -0.2) is 12.6 Å². The molecule has 19 heavy (non-hydrogen) atoms. The standard InChI is InChI=1S/C17H29NO/c1-6-14(18)8-7-11-19-16-12-13(2)9-10-15(16)17(3,4)5/h9-10,12,14H,6-8,11,18H2,1-5H3. The van der Waals surface area contributed by atoms with Crippen molar-refractivity contribution in [1.82, 2.24) is 0 Å². The molecule has 2 nitrogen and oxygen atoms in total. The maximum Gasteiger partial charge on any atom is 0.123 e. The number of nitrogens with two attached hydrogens (primary N) is 1. The van der Waals surface area contributed by atoms with E-state index in [9.17, 15) is 0 Å². The third-order valence-electron chi connectivity index (χ3n) is 3.45. The lowest BCUT2D eigenvalue weighted by Gasteiger charge is -2.23. The van der Waals surface area contributed by atoms with Crippen molar-refractivity contribution in [1.29, 1.82) is 0 Å². The molecular formula is C17H29NO. The molecule has 0 radical (unpaired) electrons. The third kappa shape index (κ3) is 5.23. The van der Waals surface area contributed by atoms with E-state index >= 15 is 0 Å². The second kappa shape index (κ2) is 6.95. The van der Waals surface area contributed by atoms with Gasteiger partial charge in [0.2, 0.25) is 0 Å². The first-order valence-electron chi connectivity index (χ1n) is 7.34. The summed E-state index contributed by atoms with van der Waals surface area (Å²) >= 11 is 0. The minimum Gasteiger partial charge on any atom is -0.493 e. The lowest BCUT2D eigenvalue weighted by molar-refractivity contribution is 0.293. The highest BCUT2D eigenvalue weighted by atomic mass is 16.5. The summed E-state index contributed by atoms with van der Waals surface area (Å²) < 4.78 is 5.98. The summed E-state index contributed by atoms with van der Waals surface area (Å²) in [5.41, 5.74) is 8.55. The van der Waals surface area contributed by atoms with E-state index in [0.29, 0.717) is 6.04 Å². The highest BCUT2D eigenvalue weighted by Gasteiger charge is 2.18. The average molecular weight is 263 g/mol. The molecule has 1 rings (SSSR count). The third-order valence-corrected chi connectivity index (χ3v) is 3.45. The Balaban J connectivity index is 2.64.